The summed E-state index contributed by atoms with van der Waals surface area (Å²) >= 11 is 0. The van der Waals surface area contributed by atoms with Crippen LogP contribution in [0.2, 0.25) is 0 Å². The first-order chi connectivity index (χ1) is 36.0. The van der Waals surface area contributed by atoms with Crippen molar-refractivity contribution in [1.29, 1.82) is 0 Å². The van der Waals surface area contributed by atoms with E-state index in [4.69, 9.17) is 0 Å². The smallest absolute Gasteiger partial charge is 0.251 e. The largest absolute Gasteiger partial charge is 0.347 e. The summed E-state index contributed by atoms with van der Waals surface area (Å²) in [6.45, 7) is 14.4. The number of amides is 8. The molecule has 2 heterocycles. The van der Waals surface area contributed by atoms with Crippen LogP contribution >= 0.6 is 0 Å². The van der Waals surface area contributed by atoms with Crippen molar-refractivity contribution < 1.29 is 38.4 Å². The number of hydrogen-bond acceptors (Lipinski definition) is 10. The van der Waals surface area contributed by atoms with Gasteiger partial charge in [0.15, 0.2) is 0 Å². The van der Waals surface area contributed by atoms with Gasteiger partial charge in [0.2, 0.25) is 35.4 Å². The number of likely N-dealkylation sites (tertiary alicyclic amines) is 2. The summed E-state index contributed by atoms with van der Waals surface area (Å²) in [4.78, 5) is 116. The molecule has 8 amide bonds. The number of carbonyl (C=O) groups excluding carboxylic acids is 8. The first kappa shape index (κ1) is 57.1. The lowest BCUT2D eigenvalue weighted by atomic mass is 9.85. The molecule has 3 aromatic rings. The van der Waals surface area contributed by atoms with Gasteiger partial charge < -0.3 is 52.3 Å². The number of rotatable bonds is 16. The van der Waals surface area contributed by atoms with Crippen LogP contribution in [0.15, 0.2) is 72.8 Å². The minimum atomic E-state index is -0.997. The molecule has 76 heavy (non-hydrogen) atoms. The Balaban J connectivity index is 1.09. The molecule has 0 bridgehead atoms. The molecule has 3 aromatic carbocycles. The van der Waals surface area contributed by atoms with Gasteiger partial charge in [-0.1, -0.05) is 96.1 Å². The number of aryl methyl sites for hydroxylation is 2. The maximum Gasteiger partial charge on any atom is 0.251 e. The van der Waals surface area contributed by atoms with Gasteiger partial charge in [0, 0.05) is 36.3 Å². The average Bonchev–Trinajstić information content (AvgIpc) is 4.03. The van der Waals surface area contributed by atoms with Crippen molar-refractivity contribution in [3.05, 3.63) is 106 Å². The van der Waals surface area contributed by atoms with E-state index in [1.54, 1.807) is 46.1 Å². The number of nitrogens with zero attached hydrogens (tertiary/aromatic N) is 2. The van der Waals surface area contributed by atoms with Crippen LogP contribution in [0.5, 0.6) is 0 Å². The first-order valence-corrected chi connectivity index (χ1v) is 27.0. The van der Waals surface area contributed by atoms with Gasteiger partial charge in [-0.15, -0.1) is 0 Å². The Hall–Kier alpha value is -6.66. The van der Waals surface area contributed by atoms with Gasteiger partial charge >= 0.3 is 0 Å². The van der Waals surface area contributed by atoms with Crippen LogP contribution in [0.25, 0.3) is 0 Å². The van der Waals surface area contributed by atoms with E-state index in [-0.39, 0.29) is 72.8 Å². The summed E-state index contributed by atoms with van der Waals surface area (Å²) in [5.74, 6) is -3.41. The van der Waals surface area contributed by atoms with Gasteiger partial charge in [-0.2, -0.15) is 0 Å². The van der Waals surface area contributed by atoms with E-state index in [9.17, 15) is 38.4 Å². The molecular formula is C58H80N10O8. The number of fused-ring (bicyclic) bond motifs is 2. The number of hydrogen-bond donors (Lipinski definition) is 8. The van der Waals surface area contributed by atoms with Crippen LogP contribution in [0.3, 0.4) is 0 Å². The summed E-state index contributed by atoms with van der Waals surface area (Å²) in [5, 5.41) is 24.1. The van der Waals surface area contributed by atoms with E-state index in [2.05, 4.69) is 54.7 Å². The predicted molar refractivity (Wildman–Crippen MR) is 290 cm³/mol. The normalized spacial score (nSPS) is 22.9. The minimum absolute atomic E-state index is 0.0126. The molecule has 10 atom stereocenters. The van der Waals surface area contributed by atoms with Gasteiger partial charge in [-0.25, -0.2) is 0 Å². The fourth-order valence-electron chi connectivity index (χ4n) is 11.0. The van der Waals surface area contributed by atoms with E-state index in [0.29, 0.717) is 0 Å². The lowest BCUT2D eigenvalue weighted by Crippen LogP contribution is -2.59. The molecule has 0 saturated carbocycles. The van der Waals surface area contributed by atoms with Gasteiger partial charge in [0.25, 0.3) is 11.8 Å². The van der Waals surface area contributed by atoms with Crippen molar-refractivity contribution in [3.8, 4) is 0 Å². The van der Waals surface area contributed by atoms with Gasteiger partial charge in [0.05, 0.1) is 24.2 Å². The van der Waals surface area contributed by atoms with Crippen LogP contribution in [0, 0.1) is 10.8 Å². The molecule has 18 nitrogen and oxygen atoms in total. The molecule has 2 fully saturated rings. The molecule has 18 heteroatoms. The van der Waals surface area contributed by atoms with Crippen LogP contribution in [0.1, 0.15) is 149 Å². The Morgan fingerprint density at radius 3 is 1.28 bits per heavy atom. The van der Waals surface area contributed by atoms with Crippen LogP contribution in [0.4, 0.5) is 0 Å². The van der Waals surface area contributed by atoms with Crippen molar-refractivity contribution >= 4 is 47.3 Å². The molecule has 4 aliphatic rings. The quantitative estimate of drug-likeness (QED) is 0.103. The number of carbonyl (C=O) groups is 8. The molecule has 2 aliphatic carbocycles. The zero-order valence-corrected chi connectivity index (χ0v) is 45.9. The topological polar surface area (TPSA) is 239 Å². The summed E-state index contributed by atoms with van der Waals surface area (Å²) in [6.07, 6.45) is 5.23. The van der Waals surface area contributed by atoms with Crippen molar-refractivity contribution in [3.63, 3.8) is 0 Å². The van der Waals surface area contributed by atoms with E-state index < -0.39 is 82.8 Å². The predicted octanol–water partition coefficient (Wildman–Crippen LogP) is 3.75. The van der Waals surface area contributed by atoms with E-state index >= 15 is 0 Å². The lowest BCUT2D eigenvalue weighted by Gasteiger charge is -2.36. The Labute approximate surface area is 447 Å². The van der Waals surface area contributed by atoms with Gasteiger partial charge in [-0.05, 0) is 131 Å². The van der Waals surface area contributed by atoms with Crippen molar-refractivity contribution in [1.82, 2.24) is 52.3 Å². The minimum Gasteiger partial charge on any atom is -0.347 e. The van der Waals surface area contributed by atoms with Crippen molar-refractivity contribution in [2.24, 2.45) is 10.8 Å². The third kappa shape index (κ3) is 13.3. The Bertz CT molecular complexity index is 2490. The second-order valence-electron chi connectivity index (χ2n) is 23.3. The molecule has 2 saturated heterocycles. The number of likely N-dealkylation sites (N-methyl/N-ethyl adjacent to an activating group) is 2. The standard InChI is InChI=1S/C58H80N10O8/c1-33(59-9)49(69)65-47(57(3,4)5)55(75)67-31-39(29-45(67)53(73)63-43-26-16-20-35-18-11-13-24-41(35)43)61-51(71)37-22-15-23-38(28-37)52(72)62-40-30-46(54(74)64-44-27-17-21-36-19-12-14-25-42(36)44)68(32-40)56(76)48(58(6,7)8)66-50(70)34(2)60-10/h11-15,18-19,22-25,28,33-34,39-40,43-48,59-60H,16-17,20-21,26-27,29-32H2,1-10H3,(H,61,71)(H,62,72)(H,63,73)(H,64,74)(H,65,69)(H,66,70)/t33-,34?,39-,40-,43?,44+,45-,46-,47+,48+/m0/s1. The maximum absolute atomic E-state index is 14.7. The Kier molecular flexibility index (Phi) is 18.1. The second-order valence-corrected chi connectivity index (χ2v) is 23.3. The summed E-state index contributed by atoms with van der Waals surface area (Å²) in [5.41, 5.74) is 3.22. The molecule has 410 valence electrons. The first-order valence-electron chi connectivity index (χ1n) is 27.0. The van der Waals surface area contributed by atoms with E-state index in [0.717, 1.165) is 60.8 Å². The Morgan fingerprint density at radius 1 is 0.526 bits per heavy atom. The van der Waals surface area contributed by atoms with Crippen molar-refractivity contribution in [2.45, 2.75) is 167 Å². The highest BCUT2D eigenvalue weighted by molar-refractivity contribution is 6.01. The summed E-state index contributed by atoms with van der Waals surface area (Å²) in [6, 6.07) is 15.2. The average molecular weight is 1050 g/mol. The Morgan fingerprint density at radius 2 is 0.908 bits per heavy atom. The molecular weight excluding hydrogens is 965 g/mol. The van der Waals surface area contributed by atoms with Gasteiger partial charge in [-0.3, -0.25) is 38.4 Å². The highest BCUT2D eigenvalue weighted by atomic mass is 16.2. The molecule has 0 aromatic heterocycles. The molecule has 0 spiro atoms. The molecule has 8 N–H and O–H groups in total. The number of benzene rings is 3. The third-order valence-electron chi connectivity index (χ3n) is 15.7. The number of nitrogens with one attached hydrogen (secondary N) is 8. The zero-order chi connectivity index (χ0) is 55.2. The van der Waals surface area contributed by atoms with Crippen LogP contribution in [-0.4, -0.2) is 133 Å². The van der Waals surface area contributed by atoms with Crippen molar-refractivity contribution in [2.75, 3.05) is 27.2 Å². The van der Waals surface area contributed by atoms with Crippen LogP contribution in [-0.2, 0) is 41.6 Å². The van der Waals surface area contributed by atoms with Gasteiger partial charge in [0.1, 0.15) is 24.2 Å². The lowest BCUT2D eigenvalue weighted by molar-refractivity contribution is -0.144. The molecule has 2 aliphatic heterocycles. The second kappa shape index (κ2) is 24.1. The molecule has 0 radical (unpaired) electrons. The molecule has 7 rings (SSSR count). The molecule has 2 unspecified atom stereocenters. The SMILES string of the molecule is CNC(C)C(=O)N[C@H](C(=O)N1C[C@@H](NC(=O)c2cccc(C(=O)N[C@H]3C[C@@H](C(=O)NC4CCCc5ccccc54)N(C(=O)[C@@H](NC(=O)[C@H](C)NC)C(C)(C)C)C3)c2)C[C@H]1C(=O)N[C@@H]1CCCc2ccccc21)C(C)(C)C. The highest BCUT2D eigenvalue weighted by Gasteiger charge is 2.48. The maximum atomic E-state index is 14.7. The monoisotopic (exact) mass is 1040 g/mol. The highest BCUT2D eigenvalue weighted by Crippen LogP contribution is 2.34. The summed E-state index contributed by atoms with van der Waals surface area (Å²) < 4.78 is 0. The zero-order valence-electron chi connectivity index (χ0n) is 45.9. The third-order valence-corrected chi connectivity index (χ3v) is 15.7. The van der Waals surface area contributed by atoms with E-state index in [1.807, 2.05) is 77.9 Å². The van der Waals surface area contributed by atoms with E-state index in [1.165, 1.54) is 15.9 Å². The summed E-state index contributed by atoms with van der Waals surface area (Å²) in [7, 11) is 3.31. The fraction of sp³-hybridized carbons (Fsp3) is 0.552. The van der Waals surface area contributed by atoms with Crippen LogP contribution < -0.4 is 42.5 Å². The fourth-order valence-corrected chi connectivity index (χ4v) is 11.0.